The van der Waals surface area contributed by atoms with Crippen LogP contribution >= 0.6 is 7.26 Å². The summed E-state index contributed by atoms with van der Waals surface area (Å²) in [6, 6.07) is 42.4. The predicted molar refractivity (Wildman–Crippen MR) is 125 cm³/mol. The van der Waals surface area contributed by atoms with Gasteiger partial charge in [-0.2, -0.15) is 0 Å². The number of benzene rings is 4. The molecule has 4 aromatic rings. The lowest BCUT2D eigenvalue weighted by molar-refractivity contribution is 1.08. The molecule has 1 heteroatoms. The van der Waals surface area contributed by atoms with Crippen LogP contribution in [0.25, 0.3) is 0 Å². The van der Waals surface area contributed by atoms with E-state index in [9.17, 15) is 0 Å². The maximum absolute atomic E-state index is 2.41. The molecule has 0 radical (unpaired) electrons. The van der Waals surface area contributed by atoms with Crippen molar-refractivity contribution in [2.45, 2.75) is 19.5 Å². The molecule has 0 heterocycles. The van der Waals surface area contributed by atoms with Crippen molar-refractivity contribution in [1.29, 1.82) is 0 Å². The minimum atomic E-state index is -1.88. The van der Waals surface area contributed by atoms with Gasteiger partial charge in [0.05, 0.1) is 0 Å². The molecule has 138 valence electrons. The first-order valence-electron chi connectivity index (χ1n) is 9.85. The van der Waals surface area contributed by atoms with Gasteiger partial charge in [-0.25, -0.2) is 0 Å². The molecule has 4 aromatic carbocycles. The monoisotopic (exact) mass is 381 g/mol. The van der Waals surface area contributed by atoms with Gasteiger partial charge in [-0.1, -0.05) is 84.4 Å². The average molecular weight is 381 g/mol. The van der Waals surface area contributed by atoms with Gasteiger partial charge in [0.1, 0.15) is 28.8 Å². The van der Waals surface area contributed by atoms with Gasteiger partial charge in [0.2, 0.25) is 0 Å². The van der Waals surface area contributed by atoms with Crippen molar-refractivity contribution in [3.05, 3.63) is 126 Å². The third kappa shape index (κ3) is 3.30. The highest BCUT2D eigenvalue weighted by molar-refractivity contribution is 7.95. The number of aryl methyl sites for hydroxylation is 1. The predicted octanol–water partition coefficient (Wildman–Crippen LogP) is 6.05. The van der Waals surface area contributed by atoms with Crippen LogP contribution in [-0.2, 0) is 0 Å². The second kappa shape index (κ2) is 8.13. The van der Waals surface area contributed by atoms with Gasteiger partial charge in [0, 0.05) is 0 Å². The Hall–Kier alpha value is -2.69. The normalized spacial score (nSPS) is 12.5. The van der Waals surface area contributed by atoms with Crippen LogP contribution in [0.5, 0.6) is 0 Å². The zero-order chi connectivity index (χ0) is 19.4. The molecule has 1 unspecified atom stereocenters. The second-order valence-corrected chi connectivity index (χ2v) is 11.1. The molecule has 0 N–H and O–H groups in total. The van der Waals surface area contributed by atoms with E-state index in [0.717, 1.165) is 0 Å². The van der Waals surface area contributed by atoms with Crippen molar-refractivity contribution < 1.29 is 0 Å². The first kappa shape index (κ1) is 18.7. The summed E-state index contributed by atoms with van der Waals surface area (Å²) >= 11 is 0. The molecule has 1 atom stereocenters. The second-order valence-electron chi connectivity index (χ2n) is 7.32. The lowest BCUT2D eigenvalue weighted by Crippen LogP contribution is -2.34. The maximum Gasteiger partial charge on any atom is 0.119 e. The van der Waals surface area contributed by atoms with Crippen LogP contribution < -0.4 is 15.9 Å². The SMILES string of the molecule is Cc1ccc(C(C)[P+](c2ccccc2)(c2ccccc2)c2ccccc2)cc1. The van der Waals surface area contributed by atoms with Crippen molar-refractivity contribution >= 4 is 23.2 Å². The van der Waals surface area contributed by atoms with E-state index in [4.69, 9.17) is 0 Å². The molecule has 0 saturated carbocycles. The van der Waals surface area contributed by atoms with Crippen LogP contribution in [0.15, 0.2) is 115 Å². The molecule has 0 aliphatic heterocycles. The van der Waals surface area contributed by atoms with Gasteiger partial charge < -0.3 is 0 Å². The van der Waals surface area contributed by atoms with Crippen molar-refractivity contribution in [2.75, 3.05) is 0 Å². The maximum atomic E-state index is 2.41. The third-order valence-corrected chi connectivity index (χ3v) is 10.4. The standard InChI is InChI=1S/C27H26P/c1-22-18-20-24(21-19-22)23(2)28(25-12-6-3-7-13-25,26-14-8-4-9-15-26)27-16-10-5-11-17-27/h3-21,23H,1-2H3/q+1. The highest BCUT2D eigenvalue weighted by Crippen LogP contribution is 2.66. The summed E-state index contributed by atoms with van der Waals surface area (Å²) in [6.07, 6.45) is 0. The van der Waals surface area contributed by atoms with Crippen LogP contribution in [0.1, 0.15) is 23.7 Å². The molecule has 0 aliphatic carbocycles. The fraction of sp³-hybridized carbons (Fsp3) is 0.111. The van der Waals surface area contributed by atoms with E-state index in [1.165, 1.54) is 27.0 Å². The van der Waals surface area contributed by atoms with Gasteiger partial charge in [-0.05, 0) is 55.8 Å². The smallest absolute Gasteiger partial charge is 0.0620 e. The molecule has 28 heavy (non-hydrogen) atoms. The van der Waals surface area contributed by atoms with Crippen LogP contribution in [0, 0.1) is 6.92 Å². The minimum Gasteiger partial charge on any atom is -0.0620 e. The molecule has 0 aliphatic rings. The average Bonchev–Trinajstić information content (AvgIpc) is 2.77. The molecule has 0 spiro atoms. The van der Waals surface area contributed by atoms with E-state index in [-0.39, 0.29) is 0 Å². The zero-order valence-electron chi connectivity index (χ0n) is 16.5. The number of hydrogen-bond donors (Lipinski definition) is 0. The molecular formula is C27H26P+. The van der Waals surface area contributed by atoms with Crippen LogP contribution in [-0.4, -0.2) is 0 Å². The number of rotatable bonds is 5. The fourth-order valence-corrected chi connectivity index (χ4v) is 8.96. The molecule has 0 amide bonds. The van der Waals surface area contributed by atoms with E-state index in [0.29, 0.717) is 5.66 Å². The third-order valence-electron chi connectivity index (χ3n) is 5.63. The van der Waals surface area contributed by atoms with Gasteiger partial charge in [0.15, 0.2) is 0 Å². The summed E-state index contributed by atoms with van der Waals surface area (Å²) < 4.78 is 0. The Balaban J connectivity index is 2.05. The molecule has 0 aromatic heterocycles. The van der Waals surface area contributed by atoms with Crippen molar-refractivity contribution in [1.82, 2.24) is 0 Å². The van der Waals surface area contributed by atoms with Gasteiger partial charge >= 0.3 is 0 Å². The van der Waals surface area contributed by atoms with Crippen molar-refractivity contribution in [3.8, 4) is 0 Å². The van der Waals surface area contributed by atoms with E-state index >= 15 is 0 Å². The van der Waals surface area contributed by atoms with Crippen LogP contribution in [0.2, 0.25) is 0 Å². The van der Waals surface area contributed by atoms with E-state index < -0.39 is 7.26 Å². The lowest BCUT2D eigenvalue weighted by Gasteiger charge is -2.33. The van der Waals surface area contributed by atoms with Gasteiger partial charge in [0.25, 0.3) is 0 Å². The summed E-state index contributed by atoms with van der Waals surface area (Å²) in [6.45, 7) is 4.56. The summed E-state index contributed by atoms with van der Waals surface area (Å²) in [5, 5.41) is 4.29. The van der Waals surface area contributed by atoms with E-state index in [2.05, 4.69) is 129 Å². The minimum absolute atomic E-state index is 0.375. The molecule has 4 rings (SSSR count). The Morgan fingerprint density at radius 2 is 0.857 bits per heavy atom. The topological polar surface area (TPSA) is 0 Å². The Morgan fingerprint density at radius 1 is 0.500 bits per heavy atom. The quantitative estimate of drug-likeness (QED) is 0.369. The summed E-state index contributed by atoms with van der Waals surface area (Å²) in [4.78, 5) is 0. The lowest BCUT2D eigenvalue weighted by atomic mass is 10.1. The van der Waals surface area contributed by atoms with Crippen molar-refractivity contribution in [3.63, 3.8) is 0 Å². The first-order chi connectivity index (χ1) is 13.7. The van der Waals surface area contributed by atoms with Gasteiger partial charge in [-0.3, -0.25) is 0 Å². The largest absolute Gasteiger partial charge is 0.119 e. The summed E-state index contributed by atoms with van der Waals surface area (Å²) in [7, 11) is -1.88. The zero-order valence-corrected chi connectivity index (χ0v) is 17.4. The first-order valence-corrected chi connectivity index (χ1v) is 11.7. The highest BCUT2D eigenvalue weighted by Gasteiger charge is 2.50. The molecule has 0 saturated heterocycles. The molecular weight excluding hydrogens is 355 g/mol. The molecule has 0 nitrogen and oxygen atoms in total. The van der Waals surface area contributed by atoms with Crippen molar-refractivity contribution in [2.24, 2.45) is 0 Å². The summed E-state index contributed by atoms with van der Waals surface area (Å²) in [5.74, 6) is 0. The summed E-state index contributed by atoms with van der Waals surface area (Å²) in [5.41, 5.74) is 3.08. The van der Waals surface area contributed by atoms with Gasteiger partial charge in [-0.15, -0.1) is 0 Å². The molecule has 0 bridgehead atoms. The Morgan fingerprint density at radius 3 is 1.21 bits per heavy atom. The Bertz CT molecular complexity index is 909. The fourth-order valence-electron chi connectivity index (χ4n) is 4.18. The highest BCUT2D eigenvalue weighted by atomic mass is 31.2. The Labute approximate surface area is 169 Å². The van der Waals surface area contributed by atoms with E-state index in [1.54, 1.807) is 0 Å². The molecule has 0 fully saturated rings. The number of hydrogen-bond acceptors (Lipinski definition) is 0. The van der Waals surface area contributed by atoms with E-state index in [1.807, 2.05) is 0 Å². The van der Waals surface area contributed by atoms with Crippen LogP contribution in [0.4, 0.5) is 0 Å². The van der Waals surface area contributed by atoms with Crippen LogP contribution in [0.3, 0.4) is 0 Å². The Kier molecular flexibility index (Phi) is 5.42.